The molecule has 0 amide bonds. The monoisotopic (exact) mass is 406 g/mol. The van der Waals surface area contributed by atoms with Crippen LogP contribution in [0.4, 0.5) is 5.82 Å². The van der Waals surface area contributed by atoms with Gasteiger partial charge in [0.1, 0.15) is 24.2 Å². The number of pyridine rings is 2. The van der Waals surface area contributed by atoms with E-state index >= 15 is 0 Å². The third-order valence-corrected chi connectivity index (χ3v) is 5.23. The van der Waals surface area contributed by atoms with E-state index in [1.54, 1.807) is 28.9 Å². The van der Waals surface area contributed by atoms with Crippen LogP contribution in [0.3, 0.4) is 0 Å². The summed E-state index contributed by atoms with van der Waals surface area (Å²) in [5.41, 5.74) is 7.99. The third kappa shape index (κ3) is 5.82. The first-order chi connectivity index (χ1) is 12.3. The molecule has 134 valence electrons. The Bertz CT molecular complexity index is 931. The second-order valence-electron chi connectivity index (χ2n) is 6.12. The van der Waals surface area contributed by atoms with Crippen molar-refractivity contribution in [2.45, 2.75) is 19.6 Å². The van der Waals surface area contributed by atoms with E-state index in [2.05, 4.69) is 49.9 Å². The van der Waals surface area contributed by atoms with E-state index in [0.717, 1.165) is 5.32 Å². The molecule has 0 fully saturated rings. The van der Waals surface area contributed by atoms with Crippen molar-refractivity contribution in [3.05, 3.63) is 63.3 Å². The van der Waals surface area contributed by atoms with Crippen LogP contribution in [0.25, 0.3) is 16.3 Å². The summed E-state index contributed by atoms with van der Waals surface area (Å²) in [5, 5.41) is 13.4. The molecule has 0 aliphatic heterocycles. The molecule has 0 bridgehead atoms. The van der Waals surface area contributed by atoms with Gasteiger partial charge in [-0.2, -0.15) is 0 Å². The fourth-order valence-electron chi connectivity index (χ4n) is 1.74. The van der Waals surface area contributed by atoms with E-state index in [-0.39, 0.29) is 5.82 Å². The van der Waals surface area contributed by atoms with Crippen LogP contribution in [0.5, 0.6) is 0 Å². The highest BCUT2D eigenvalue weighted by molar-refractivity contribution is 6.88. The van der Waals surface area contributed by atoms with Crippen molar-refractivity contribution >= 4 is 42.4 Å². The maximum Gasteiger partial charge on any atom is 0.156 e. The Morgan fingerprint density at radius 2 is 1.69 bits per heavy atom. The van der Waals surface area contributed by atoms with Gasteiger partial charge in [0.15, 0.2) is 5.82 Å². The normalized spacial score (nSPS) is 10.5. The lowest BCUT2D eigenvalue weighted by Crippen LogP contribution is -2.38. The molecule has 8 nitrogen and oxygen atoms in total. The second-order valence-corrected chi connectivity index (χ2v) is 11.9. The van der Waals surface area contributed by atoms with Crippen molar-refractivity contribution < 1.29 is 0 Å². The average molecular weight is 407 g/mol. The first kappa shape index (κ1) is 19.9. The fourth-order valence-corrected chi connectivity index (χ4v) is 2.92. The van der Waals surface area contributed by atoms with Crippen LogP contribution in [0.15, 0.2) is 47.7 Å². The van der Waals surface area contributed by atoms with Crippen LogP contribution in [-0.4, -0.2) is 33.0 Å². The summed E-state index contributed by atoms with van der Waals surface area (Å²) in [7, 11) is -1.41. The van der Waals surface area contributed by atoms with Gasteiger partial charge in [-0.15, -0.1) is 5.10 Å². The van der Waals surface area contributed by atoms with Crippen LogP contribution >= 0.6 is 23.2 Å². The van der Waals surface area contributed by atoms with Crippen LogP contribution in [0.1, 0.15) is 0 Å². The van der Waals surface area contributed by atoms with Crippen molar-refractivity contribution in [2.75, 3.05) is 0 Å². The molecule has 0 atom stereocenters. The van der Waals surface area contributed by atoms with Gasteiger partial charge in [0.2, 0.25) is 0 Å². The molecule has 3 rings (SSSR count). The Kier molecular flexibility index (Phi) is 6.70. The highest BCUT2D eigenvalue weighted by Gasteiger charge is 2.20. The number of rotatable bonds is 3. The molecule has 3 aromatic heterocycles. The molecule has 0 unspecified atom stereocenters. The van der Waals surface area contributed by atoms with Crippen LogP contribution in [0.2, 0.25) is 29.9 Å². The predicted octanol–water partition coefficient (Wildman–Crippen LogP) is 4.54. The van der Waals surface area contributed by atoms with E-state index < -0.39 is 8.07 Å². The lowest BCUT2D eigenvalue weighted by atomic mass is 10.5. The fraction of sp³-hybridized carbons (Fsp3) is 0.200. The molecule has 0 radical (unpaired) electrons. The molecule has 3 heterocycles. The molecule has 0 saturated carbocycles. The van der Waals surface area contributed by atoms with Crippen molar-refractivity contribution in [1.29, 1.82) is 0 Å². The number of halogens is 2. The molecule has 0 aliphatic rings. The van der Waals surface area contributed by atoms with Gasteiger partial charge < -0.3 is 0 Å². The molecule has 0 N–H and O–H groups in total. The highest BCUT2D eigenvalue weighted by Crippen LogP contribution is 2.11. The molecule has 0 aliphatic carbocycles. The van der Waals surface area contributed by atoms with Gasteiger partial charge in [-0.05, 0) is 34.9 Å². The van der Waals surface area contributed by atoms with E-state index in [0.29, 0.717) is 16.1 Å². The minimum atomic E-state index is -1.41. The van der Waals surface area contributed by atoms with Gasteiger partial charge >= 0.3 is 0 Å². The first-order valence-corrected chi connectivity index (χ1v) is 11.8. The summed E-state index contributed by atoms with van der Waals surface area (Å²) in [5.74, 6) is 0.986. The molecular weight excluding hydrogens is 391 g/mol. The smallest absolute Gasteiger partial charge is 0.156 e. The first-order valence-electron chi connectivity index (χ1n) is 7.53. The highest BCUT2D eigenvalue weighted by atomic mass is 35.5. The van der Waals surface area contributed by atoms with Crippen LogP contribution in [0, 0.1) is 0 Å². The van der Waals surface area contributed by atoms with Gasteiger partial charge in [-0.25, -0.2) is 14.6 Å². The largest absolute Gasteiger partial charge is 0.234 e. The van der Waals surface area contributed by atoms with E-state index in [4.69, 9.17) is 28.7 Å². The number of hydrogen-bond donors (Lipinski definition) is 0. The molecule has 0 aromatic carbocycles. The van der Waals surface area contributed by atoms with E-state index in [9.17, 15) is 0 Å². The summed E-state index contributed by atoms with van der Waals surface area (Å²) in [4.78, 5) is 10.4. The van der Waals surface area contributed by atoms with Crippen LogP contribution in [-0.2, 0) is 0 Å². The van der Waals surface area contributed by atoms with Crippen molar-refractivity contribution in [2.24, 2.45) is 5.11 Å². The Labute approximate surface area is 161 Å². The summed E-state index contributed by atoms with van der Waals surface area (Å²) >= 11 is 11.3. The zero-order chi connectivity index (χ0) is 19.2. The summed E-state index contributed by atoms with van der Waals surface area (Å²) in [6.07, 6.45) is 1.94. The number of hydrogen-bond acceptors (Lipinski definition) is 5. The SMILES string of the molecule is C[Si](C)(C)c1cn(-c2cccc(Cl)n2)nn1.[N-]=[N+]=Nc1cccc(Cl)n1. The summed E-state index contributed by atoms with van der Waals surface area (Å²) in [6.45, 7) is 6.69. The summed E-state index contributed by atoms with van der Waals surface area (Å²) < 4.78 is 1.67. The molecule has 26 heavy (non-hydrogen) atoms. The van der Waals surface area contributed by atoms with Gasteiger partial charge in [-0.3, -0.25) is 0 Å². The number of nitrogens with zero attached hydrogens (tertiary/aromatic N) is 8. The number of aromatic nitrogens is 5. The topological polar surface area (TPSA) is 105 Å². The molecular formula is C15H16Cl2N8Si. The standard InChI is InChI=1S/C10H13ClN4Si.C5H3ClN4/c1-16(2,3)10-7-15(14-13-10)9-6-4-5-8(11)12-9;6-4-2-1-3-5(8-4)9-10-7/h4-7H,1-3H3;1-3H. The molecule has 3 aromatic rings. The van der Waals surface area contributed by atoms with Gasteiger partial charge in [-0.1, -0.05) is 60.2 Å². The van der Waals surface area contributed by atoms with E-state index in [1.165, 1.54) is 0 Å². The minimum Gasteiger partial charge on any atom is -0.234 e. The van der Waals surface area contributed by atoms with Crippen molar-refractivity contribution in [1.82, 2.24) is 25.0 Å². The zero-order valence-corrected chi connectivity index (χ0v) is 16.9. The Balaban J connectivity index is 0.000000209. The molecule has 11 heteroatoms. The van der Waals surface area contributed by atoms with E-state index in [1.807, 2.05) is 18.3 Å². The lowest BCUT2D eigenvalue weighted by molar-refractivity contribution is 0.782. The van der Waals surface area contributed by atoms with Crippen molar-refractivity contribution in [3.63, 3.8) is 0 Å². The van der Waals surface area contributed by atoms with Gasteiger partial charge in [0.05, 0.1) is 11.5 Å². The van der Waals surface area contributed by atoms with Gasteiger partial charge in [0, 0.05) is 4.91 Å². The predicted molar refractivity (Wildman–Crippen MR) is 105 cm³/mol. The quantitative estimate of drug-likeness (QED) is 0.209. The second kappa shape index (κ2) is 8.77. The third-order valence-electron chi connectivity index (χ3n) is 3.04. The molecule has 0 spiro atoms. The molecule has 0 saturated heterocycles. The zero-order valence-electron chi connectivity index (χ0n) is 14.4. The Morgan fingerprint density at radius 3 is 2.23 bits per heavy atom. The maximum atomic E-state index is 7.99. The van der Waals surface area contributed by atoms with Gasteiger partial charge in [0.25, 0.3) is 0 Å². The average Bonchev–Trinajstić information content (AvgIpc) is 3.06. The minimum absolute atomic E-state index is 0.287. The lowest BCUT2D eigenvalue weighted by Gasteiger charge is -2.09. The maximum absolute atomic E-state index is 7.99. The Morgan fingerprint density at radius 1 is 1.04 bits per heavy atom. The van der Waals surface area contributed by atoms with Crippen molar-refractivity contribution in [3.8, 4) is 5.82 Å². The van der Waals surface area contributed by atoms with Crippen LogP contribution < -0.4 is 5.32 Å². The number of azide groups is 1. The Hall–Kier alpha value is -2.45. The summed E-state index contributed by atoms with van der Waals surface area (Å²) in [6, 6.07) is 10.3.